The fourth-order valence-corrected chi connectivity index (χ4v) is 16.0. The van der Waals surface area contributed by atoms with Gasteiger partial charge in [-0.15, -0.1) is 0 Å². The standard InChI is InChI=1S/C21H22O/c22-1-21-18-12-6-3-2-4-8(6)14(18)16-10(4)11-5(2)9-7(3)13(12)19(21)15(9)17(11)20(16)21/h2-20,22H,1H2/t2?,3?,4?,5?,6-,7-,8-,9+,10+,11+,12-,13+,14-,15+,16-,17-,18?,19?,20?,21?/m0/s1. The highest BCUT2D eigenvalue weighted by atomic mass is 16.3. The van der Waals surface area contributed by atoms with E-state index in [1.165, 1.54) is 59.2 Å². The largest absolute Gasteiger partial charge is 0.396 e. The molecule has 0 aromatic carbocycles. The van der Waals surface area contributed by atoms with Crippen LogP contribution in [0.1, 0.15) is 0 Å². The minimum absolute atomic E-state index is 0.498. The molecule has 1 nitrogen and oxygen atoms in total. The van der Waals surface area contributed by atoms with E-state index in [0.717, 1.165) is 53.3 Å². The van der Waals surface area contributed by atoms with Gasteiger partial charge in [0.2, 0.25) is 0 Å². The van der Waals surface area contributed by atoms with Gasteiger partial charge in [-0.05, 0) is 112 Å². The van der Waals surface area contributed by atoms with Crippen molar-refractivity contribution in [1.29, 1.82) is 0 Å². The Morgan fingerprint density at radius 1 is 0.409 bits per heavy atom. The summed E-state index contributed by atoms with van der Waals surface area (Å²) in [6.45, 7) is 0.613. The van der Waals surface area contributed by atoms with Crippen LogP contribution < -0.4 is 0 Å². The van der Waals surface area contributed by atoms with E-state index in [4.69, 9.17) is 0 Å². The number of aliphatic hydroxyl groups excluding tert-OH is 1. The maximum atomic E-state index is 10.8. The van der Waals surface area contributed by atoms with Crippen molar-refractivity contribution in [3.05, 3.63) is 0 Å². The molecule has 112 valence electrons. The lowest BCUT2D eigenvalue weighted by Gasteiger charge is -2.38. The lowest BCUT2D eigenvalue weighted by Crippen LogP contribution is -2.39. The van der Waals surface area contributed by atoms with Crippen molar-refractivity contribution in [3.63, 3.8) is 0 Å². The van der Waals surface area contributed by atoms with E-state index in [1.54, 1.807) is 0 Å². The Morgan fingerprint density at radius 2 is 0.636 bits per heavy atom. The van der Waals surface area contributed by atoms with Gasteiger partial charge in [0, 0.05) is 12.0 Å². The van der Waals surface area contributed by atoms with E-state index in [1.807, 2.05) is 0 Å². The molecule has 0 saturated heterocycles. The fourth-order valence-electron chi connectivity index (χ4n) is 16.0. The van der Waals surface area contributed by atoms with Crippen LogP contribution in [0, 0.1) is 118 Å². The molecule has 12 saturated carbocycles. The van der Waals surface area contributed by atoms with E-state index >= 15 is 0 Å². The molecule has 1 N–H and O–H groups in total. The first-order valence-electron chi connectivity index (χ1n) is 10.5. The van der Waals surface area contributed by atoms with Crippen molar-refractivity contribution in [3.8, 4) is 0 Å². The van der Waals surface area contributed by atoms with Gasteiger partial charge in [-0.1, -0.05) is 0 Å². The van der Waals surface area contributed by atoms with E-state index in [9.17, 15) is 5.11 Å². The molecule has 8 unspecified atom stereocenters. The molecular formula is C21H22O. The molecule has 0 bridgehead atoms. The molecule has 0 aromatic rings. The summed E-state index contributed by atoms with van der Waals surface area (Å²) in [4.78, 5) is 0. The molecule has 12 aliphatic carbocycles. The van der Waals surface area contributed by atoms with Crippen molar-refractivity contribution in [2.24, 2.45) is 118 Å². The van der Waals surface area contributed by atoms with Gasteiger partial charge in [-0.25, -0.2) is 0 Å². The maximum Gasteiger partial charge on any atom is 0.0496 e. The monoisotopic (exact) mass is 290 g/mol. The minimum Gasteiger partial charge on any atom is -0.396 e. The molecule has 22 heavy (non-hydrogen) atoms. The van der Waals surface area contributed by atoms with Gasteiger partial charge in [0.1, 0.15) is 0 Å². The molecule has 0 aliphatic heterocycles. The van der Waals surface area contributed by atoms with Gasteiger partial charge >= 0.3 is 0 Å². The summed E-state index contributed by atoms with van der Waals surface area (Å²) in [5, 5.41) is 10.8. The average Bonchev–Trinajstić information content (AvgIpc) is 3.18. The number of hydrogen-bond donors (Lipinski definition) is 1. The van der Waals surface area contributed by atoms with Crippen molar-refractivity contribution < 1.29 is 5.11 Å². The first-order valence-corrected chi connectivity index (χ1v) is 10.5. The van der Waals surface area contributed by atoms with Crippen LogP contribution in [0.15, 0.2) is 0 Å². The SMILES string of the molecule is OCC12C3[C@@H]4[C@@H]5C6C7C8[C@@H]5[C@@H]3[C@H]3C1[C@H]1[C@@H](C7[C@@H]5[C@@H]6[C@@H]4C2[C@@H]51)[C@H]83. The van der Waals surface area contributed by atoms with Crippen LogP contribution in [-0.2, 0) is 0 Å². The van der Waals surface area contributed by atoms with Crippen LogP contribution in [-0.4, -0.2) is 11.7 Å². The predicted molar refractivity (Wildman–Crippen MR) is 75.8 cm³/mol. The number of aliphatic hydroxyl groups is 1. The van der Waals surface area contributed by atoms with Crippen LogP contribution in [0.4, 0.5) is 0 Å². The zero-order valence-corrected chi connectivity index (χ0v) is 12.6. The summed E-state index contributed by atoms with van der Waals surface area (Å²) >= 11 is 0. The van der Waals surface area contributed by atoms with Gasteiger partial charge < -0.3 is 5.11 Å². The second-order valence-electron chi connectivity index (χ2n) is 12.1. The molecule has 0 aromatic heterocycles. The zero-order valence-electron chi connectivity index (χ0n) is 12.6. The Balaban J connectivity index is 1.46. The fraction of sp³-hybridized carbons (Fsp3) is 1.00. The quantitative estimate of drug-likeness (QED) is 0.781. The van der Waals surface area contributed by atoms with Crippen molar-refractivity contribution in [1.82, 2.24) is 0 Å². The number of hydrogen-bond acceptors (Lipinski definition) is 1. The van der Waals surface area contributed by atoms with Gasteiger partial charge in [-0.3, -0.25) is 0 Å². The minimum atomic E-state index is 0.498. The summed E-state index contributed by atoms with van der Waals surface area (Å²) in [5.41, 5.74) is 0.498. The summed E-state index contributed by atoms with van der Waals surface area (Å²) in [6, 6.07) is 0. The predicted octanol–water partition coefficient (Wildman–Crippen LogP) is 1.82. The molecular weight excluding hydrogens is 268 g/mol. The van der Waals surface area contributed by atoms with E-state index < -0.39 is 0 Å². The summed E-state index contributed by atoms with van der Waals surface area (Å²) in [5.74, 6) is 22.2. The highest BCUT2D eigenvalue weighted by Crippen LogP contribution is 3.04. The molecule has 1 heteroatoms. The topological polar surface area (TPSA) is 20.2 Å². The summed E-state index contributed by atoms with van der Waals surface area (Å²) in [7, 11) is 0. The summed E-state index contributed by atoms with van der Waals surface area (Å²) in [6.07, 6.45) is 0. The third-order valence-corrected chi connectivity index (χ3v) is 14.0. The van der Waals surface area contributed by atoms with Crippen LogP contribution in [0.5, 0.6) is 0 Å². The van der Waals surface area contributed by atoms with E-state index in [-0.39, 0.29) is 0 Å². The Labute approximate surface area is 130 Å². The Kier molecular flexibility index (Phi) is 0.876. The Hall–Kier alpha value is -0.0400. The third-order valence-electron chi connectivity index (χ3n) is 14.0. The smallest absolute Gasteiger partial charge is 0.0496 e. The van der Waals surface area contributed by atoms with Gasteiger partial charge in [0.05, 0.1) is 0 Å². The van der Waals surface area contributed by atoms with Crippen LogP contribution >= 0.6 is 0 Å². The molecule has 0 radical (unpaired) electrons. The molecule has 20 atom stereocenters. The third kappa shape index (κ3) is 0.431. The normalized spacial score (nSPS) is 103. The molecule has 0 heterocycles. The van der Waals surface area contributed by atoms with Crippen molar-refractivity contribution in [2.75, 3.05) is 6.61 Å². The lowest BCUT2D eigenvalue weighted by molar-refractivity contribution is 0.0163. The van der Waals surface area contributed by atoms with Crippen LogP contribution in [0.25, 0.3) is 0 Å². The second-order valence-corrected chi connectivity index (χ2v) is 12.1. The van der Waals surface area contributed by atoms with E-state index in [2.05, 4.69) is 0 Å². The number of rotatable bonds is 1. The zero-order chi connectivity index (χ0) is 13.2. The maximum absolute atomic E-state index is 10.8. The highest BCUT2D eigenvalue weighted by Gasteiger charge is 3.01. The Bertz CT molecular complexity index is 626. The lowest BCUT2D eigenvalue weighted by atomic mass is 9.67. The van der Waals surface area contributed by atoms with Gasteiger partial charge in [-0.2, -0.15) is 0 Å². The van der Waals surface area contributed by atoms with Crippen molar-refractivity contribution >= 4 is 0 Å². The average molecular weight is 290 g/mol. The molecule has 12 fully saturated rings. The van der Waals surface area contributed by atoms with Gasteiger partial charge in [0.15, 0.2) is 0 Å². The highest BCUT2D eigenvalue weighted by molar-refractivity contribution is 5.47. The first kappa shape index (κ1) is 9.44. The van der Waals surface area contributed by atoms with Gasteiger partial charge in [0.25, 0.3) is 0 Å². The van der Waals surface area contributed by atoms with E-state index in [0.29, 0.717) is 12.0 Å². The van der Waals surface area contributed by atoms with Crippen molar-refractivity contribution in [2.45, 2.75) is 0 Å². The Morgan fingerprint density at radius 3 is 0.864 bits per heavy atom. The molecule has 0 spiro atoms. The first-order chi connectivity index (χ1) is 10.9. The molecule has 12 rings (SSSR count). The second kappa shape index (κ2) is 2.04. The summed E-state index contributed by atoms with van der Waals surface area (Å²) < 4.78 is 0. The van der Waals surface area contributed by atoms with Crippen LogP contribution in [0.3, 0.4) is 0 Å². The molecule has 0 amide bonds. The molecule has 12 aliphatic rings. The van der Waals surface area contributed by atoms with Crippen LogP contribution in [0.2, 0.25) is 0 Å².